The quantitative estimate of drug-likeness (QED) is 0.633. The van der Waals surface area contributed by atoms with Gasteiger partial charge in [-0.25, -0.2) is 4.79 Å². The van der Waals surface area contributed by atoms with Crippen molar-refractivity contribution in [3.05, 3.63) is 66.7 Å². The van der Waals surface area contributed by atoms with Crippen molar-refractivity contribution in [1.82, 2.24) is 4.90 Å². The van der Waals surface area contributed by atoms with Crippen LogP contribution in [0.5, 0.6) is 11.5 Å². The van der Waals surface area contributed by atoms with Gasteiger partial charge >= 0.3 is 6.09 Å². The van der Waals surface area contributed by atoms with Crippen LogP contribution in [0, 0.1) is 0 Å². The standard InChI is InChI=1S/C23H24N2O4/c1-3-22(26)24-18-10-7-11-19(16-18)29-23(27)25(2)14-15-28-21-13-6-9-17-8-4-5-12-20(17)21/h4-13,16H,3,14-15H2,1-2H3,(H,24,26). The molecule has 0 aliphatic carbocycles. The molecule has 29 heavy (non-hydrogen) atoms. The summed E-state index contributed by atoms with van der Waals surface area (Å²) >= 11 is 0. The molecule has 0 aliphatic rings. The first-order valence-corrected chi connectivity index (χ1v) is 9.50. The Morgan fingerprint density at radius 3 is 2.59 bits per heavy atom. The van der Waals surface area contributed by atoms with Gasteiger partial charge < -0.3 is 19.7 Å². The summed E-state index contributed by atoms with van der Waals surface area (Å²) in [5.74, 6) is 1.05. The fourth-order valence-corrected chi connectivity index (χ4v) is 2.77. The Morgan fingerprint density at radius 1 is 1.00 bits per heavy atom. The molecule has 0 aromatic heterocycles. The zero-order chi connectivity index (χ0) is 20.6. The van der Waals surface area contributed by atoms with Gasteiger partial charge in [0.15, 0.2) is 0 Å². The van der Waals surface area contributed by atoms with Crippen molar-refractivity contribution in [3.63, 3.8) is 0 Å². The fraction of sp³-hybridized carbons (Fsp3) is 0.217. The Morgan fingerprint density at radius 2 is 1.76 bits per heavy atom. The molecule has 3 aromatic rings. The van der Waals surface area contributed by atoms with Crippen LogP contribution in [0.15, 0.2) is 66.7 Å². The summed E-state index contributed by atoms with van der Waals surface area (Å²) in [6, 6.07) is 20.6. The number of amides is 2. The molecule has 150 valence electrons. The van der Waals surface area contributed by atoms with Crippen molar-refractivity contribution in [2.24, 2.45) is 0 Å². The first kappa shape index (κ1) is 20.2. The van der Waals surface area contributed by atoms with Gasteiger partial charge in [0.1, 0.15) is 18.1 Å². The molecule has 0 radical (unpaired) electrons. The highest BCUT2D eigenvalue weighted by molar-refractivity contribution is 5.90. The lowest BCUT2D eigenvalue weighted by Crippen LogP contribution is -2.33. The van der Waals surface area contributed by atoms with Crippen molar-refractivity contribution in [3.8, 4) is 11.5 Å². The van der Waals surface area contributed by atoms with Gasteiger partial charge in [0, 0.05) is 30.6 Å². The van der Waals surface area contributed by atoms with Crippen molar-refractivity contribution < 1.29 is 19.1 Å². The number of likely N-dealkylation sites (N-methyl/N-ethyl adjacent to an activating group) is 1. The minimum atomic E-state index is -0.495. The second kappa shape index (κ2) is 9.59. The number of benzene rings is 3. The molecule has 0 saturated carbocycles. The molecular weight excluding hydrogens is 368 g/mol. The van der Waals surface area contributed by atoms with Crippen LogP contribution in [0.25, 0.3) is 10.8 Å². The first-order chi connectivity index (χ1) is 14.1. The van der Waals surface area contributed by atoms with Gasteiger partial charge in [0.25, 0.3) is 0 Å². The van der Waals surface area contributed by atoms with Crippen LogP contribution in [-0.2, 0) is 4.79 Å². The van der Waals surface area contributed by atoms with Crippen LogP contribution in [0.3, 0.4) is 0 Å². The van der Waals surface area contributed by atoms with Crippen LogP contribution < -0.4 is 14.8 Å². The predicted octanol–water partition coefficient (Wildman–Crippen LogP) is 4.70. The molecule has 0 spiro atoms. The lowest BCUT2D eigenvalue weighted by Gasteiger charge is -2.18. The van der Waals surface area contributed by atoms with E-state index in [9.17, 15) is 9.59 Å². The Bertz CT molecular complexity index is 998. The van der Waals surface area contributed by atoms with Crippen LogP contribution in [-0.4, -0.2) is 37.1 Å². The molecule has 6 nitrogen and oxygen atoms in total. The summed E-state index contributed by atoms with van der Waals surface area (Å²) in [5, 5.41) is 4.88. The summed E-state index contributed by atoms with van der Waals surface area (Å²) in [7, 11) is 1.65. The third kappa shape index (κ3) is 5.48. The van der Waals surface area contributed by atoms with Crippen molar-refractivity contribution in [2.75, 3.05) is 25.5 Å². The largest absolute Gasteiger partial charge is 0.491 e. The van der Waals surface area contributed by atoms with E-state index in [-0.39, 0.29) is 5.91 Å². The number of hydrogen-bond acceptors (Lipinski definition) is 4. The van der Waals surface area contributed by atoms with E-state index in [1.54, 1.807) is 38.2 Å². The fourth-order valence-electron chi connectivity index (χ4n) is 2.77. The van der Waals surface area contributed by atoms with Crippen molar-refractivity contribution in [2.45, 2.75) is 13.3 Å². The number of nitrogens with one attached hydrogen (secondary N) is 1. The van der Waals surface area contributed by atoms with Crippen LogP contribution in [0.1, 0.15) is 13.3 Å². The van der Waals surface area contributed by atoms with E-state index in [0.29, 0.717) is 31.0 Å². The number of ether oxygens (including phenoxy) is 2. The highest BCUT2D eigenvalue weighted by Crippen LogP contribution is 2.25. The maximum atomic E-state index is 12.3. The minimum absolute atomic E-state index is 0.101. The molecule has 3 rings (SSSR count). The zero-order valence-electron chi connectivity index (χ0n) is 16.6. The lowest BCUT2D eigenvalue weighted by molar-refractivity contribution is -0.115. The second-order valence-electron chi connectivity index (χ2n) is 6.54. The van der Waals surface area contributed by atoms with Crippen molar-refractivity contribution >= 4 is 28.5 Å². The van der Waals surface area contributed by atoms with E-state index in [4.69, 9.17) is 9.47 Å². The number of nitrogens with zero attached hydrogens (tertiary/aromatic N) is 1. The van der Waals surface area contributed by atoms with Gasteiger partial charge in [-0.3, -0.25) is 4.79 Å². The molecule has 0 heterocycles. The monoisotopic (exact) mass is 392 g/mol. The Hall–Kier alpha value is -3.54. The molecule has 0 bridgehead atoms. The molecule has 3 aromatic carbocycles. The Labute approximate surface area is 170 Å². The molecule has 0 fully saturated rings. The van der Waals surface area contributed by atoms with E-state index in [0.717, 1.165) is 16.5 Å². The highest BCUT2D eigenvalue weighted by Gasteiger charge is 2.12. The molecule has 2 amide bonds. The average molecular weight is 392 g/mol. The maximum Gasteiger partial charge on any atom is 0.415 e. The number of hydrogen-bond donors (Lipinski definition) is 1. The number of carbonyl (C=O) groups is 2. The summed E-state index contributed by atoms with van der Waals surface area (Å²) in [6.45, 7) is 2.48. The van der Waals surface area contributed by atoms with Gasteiger partial charge in [-0.1, -0.05) is 49.4 Å². The summed E-state index contributed by atoms with van der Waals surface area (Å²) in [6.07, 6.45) is -0.116. The predicted molar refractivity (Wildman–Crippen MR) is 113 cm³/mol. The molecule has 6 heteroatoms. The van der Waals surface area contributed by atoms with Crippen LogP contribution in [0.2, 0.25) is 0 Å². The van der Waals surface area contributed by atoms with E-state index < -0.39 is 6.09 Å². The highest BCUT2D eigenvalue weighted by atomic mass is 16.6. The maximum absolute atomic E-state index is 12.3. The molecule has 0 saturated heterocycles. The van der Waals surface area contributed by atoms with E-state index in [1.165, 1.54) is 4.90 Å². The van der Waals surface area contributed by atoms with Gasteiger partial charge in [0.05, 0.1) is 6.54 Å². The summed E-state index contributed by atoms with van der Waals surface area (Å²) in [4.78, 5) is 25.3. The van der Waals surface area contributed by atoms with E-state index in [2.05, 4.69) is 5.32 Å². The molecule has 1 N–H and O–H groups in total. The van der Waals surface area contributed by atoms with E-state index in [1.807, 2.05) is 42.5 Å². The van der Waals surface area contributed by atoms with Crippen molar-refractivity contribution in [1.29, 1.82) is 0 Å². The third-order valence-electron chi connectivity index (χ3n) is 4.39. The number of rotatable bonds is 7. The summed E-state index contributed by atoms with van der Waals surface area (Å²) in [5.41, 5.74) is 0.587. The normalized spacial score (nSPS) is 10.4. The SMILES string of the molecule is CCC(=O)Nc1cccc(OC(=O)N(C)CCOc2cccc3ccccc23)c1. The molecule has 0 unspecified atom stereocenters. The van der Waals surface area contributed by atoms with Gasteiger partial charge in [-0.15, -0.1) is 0 Å². The lowest BCUT2D eigenvalue weighted by atomic mass is 10.1. The van der Waals surface area contributed by atoms with E-state index >= 15 is 0 Å². The molecule has 0 aliphatic heterocycles. The van der Waals surface area contributed by atoms with Gasteiger partial charge in [0.2, 0.25) is 5.91 Å². The zero-order valence-corrected chi connectivity index (χ0v) is 16.6. The average Bonchev–Trinajstić information content (AvgIpc) is 2.74. The van der Waals surface area contributed by atoms with Crippen LogP contribution >= 0.6 is 0 Å². The third-order valence-corrected chi connectivity index (χ3v) is 4.39. The van der Waals surface area contributed by atoms with Gasteiger partial charge in [-0.05, 0) is 23.6 Å². The topological polar surface area (TPSA) is 67.9 Å². The number of fused-ring (bicyclic) bond motifs is 1. The van der Waals surface area contributed by atoms with Gasteiger partial charge in [-0.2, -0.15) is 0 Å². The summed E-state index contributed by atoms with van der Waals surface area (Å²) < 4.78 is 11.3. The molecular formula is C23H24N2O4. The number of carbonyl (C=O) groups excluding carboxylic acids is 2. The Balaban J connectivity index is 1.53. The smallest absolute Gasteiger partial charge is 0.415 e. The Kier molecular flexibility index (Phi) is 6.68. The number of anilines is 1. The second-order valence-corrected chi connectivity index (χ2v) is 6.54. The van der Waals surface area contributed by atoms with Crippen LogP contribution in [0.4, 0.5) is 10.5 Å². The first-order valence-electron chi connectivity index (χ1n) is 9.50. The molecule has 0 atom stereocenters. The minimum Gasteiger partial charge on any atom is -0.491 e.